The molecule has 2 heterocycles. The molecule has 0 aliphatic carbocycles. The van der Waals surface area contributed by atoms with Gasteiger partial charge < -0.3 is 14.6 Å². The second kappa shape index (κ2) is 4.42. The number of methoxy groups -OCH3 is 1. The van der Waals surface area contributed by atoms with Crippen LogP contribution in [0.15, 0.2) is 24.4 Å². The molecular formula is C13H14FN3O. The van der Waals surface area contributed by atoms with Crippen molar-refractivity contribution in [1.29, 1.82) is 0 Å². The van der Waals surface area contributed by atoms with Gasteiger partial charge in [0, 0.05) is 24.8 Å². The molecule has 5 heteroatoms. The summed E-state index contributed by atoms with van der Waals surface area (Å²) in [4.78, 5) is 4.51. The van der Waals surface area contributed by atoms with Gasteiger partial charge in [0.25, 0.3) is 0 Å². The van der Waals surface area contributed by atoms with Gasteiger partial charge in [-0.3, -0.25) is 0 Å². The molecule has 1 N–H and O–H groups in total. The molecule has 1 aromatic carbocycles. The molecule has 0 spiro atoms. The Morgan fingerprint density at radius 2 is 2.33 bits per heavy atom. The molecule has 0 unspecified atom stereocenters. The first kappa shape index (κ1) is 11.2. The predicted octanol–water partition coefficient (Wildman–Crippen LogP) is 1.80. The first-order chi connectivity index (χ1) is 8.78. The van der Waals surface area contributed by atoms with Gasteiger partial charge in [-0.1, -0.05) is 0 Å². The molecule has 0 saturated heterocycles. The number of aromatic nitrogens is 2. The number of fused-ring (bicyclic) bond motifs is 1. The first-order valence-corrected chi connectivity index (χ1v) is 5.88. The van der Waals surface area contributed by atoms with Crippen LogP contribution in [0.5, 0.6) is 5.75 Å². The molecule has 0 atom stereocenters. The van der Waals surface area contributed by atoms with E-state index >= 15 is 0 Å². The summed E-state index contributed by atoms with van der Waals surface area (Å²) in [5.74, 6) is 0.885. The van der Waals surface area contributed by atoms with Crippen molar-refractivity contribution >= 4 is 0 Å². The Bertz CT molecular complexity index is 556. The minimum Gasteiger partial charge on any atom is -0.494 e. The number of imidazole rings is 1. The fourth-order valence-corrected chi connectivity index (χ4v) is 2.15. The van der Waals surface area contributed by atoms with Crippen LogP contribution in [0, 0.1) is 5.82 Å². The average molecular weight is 247 g/mol. The van der Waals surface area contributed by atoms with Crippen LogP contribution in [0.3, 0.4) is 0 Å². The molecule has 0 amide bonds. The SMILES string of the molecule is COc1ccc(-c2cn3c(n2)CNCC3)cc1F. The minimum atomic E-state index is -0.362. The lowest BCUT2D eigenvalue weighted by atomic mass is 10.1. The van der Waals surface area contributed by atoms with Gasteiger partial charge in [0.15, 0.2) is 11.6 Å². The summed E-state index contributed by atoms with van der Waals surface area (Å²) in [7, 11) is 1.46. The van der Waals surface area contributed by atoms with E-state index in [0.717, 1.165) is 36.7 Å². The van der Waals surface area contributed by atoms with Crippen LogP contribution in [0.4, 0.5) is 4.39 Å². The van der Waals surface area contributed by atoms with Gasteiger partial charge in [-0.25, -0.2) is 9.37 Å². The summed E-state index contributed by atoms with van der Waals surface area (Å²) < 4.78 is 20.7. The number of nitrogens with zero attached hydrogens (tertiary/aromatic N) is 2. The monoisotopic (exact) mass is 247 g/mol. The highest BCUT2D eigenvalue weighted by atomic mass is 19.1. The van der Waals surface area contributed by atoms with E-state index in [9.17, 15) is 4.39 Å². The van der Waals surface area contributed by atoms with Crippen LogP contribution in [-0.4, -0.2) is 23.2 Å². The summed E-state index contributed by atoms with van der Waals surface area (Å²) in [6.07, 6.45) is 1.97. The standard InChI is InChI=1S/C13H14FN3O/c1-18-12-3-2-9(6-10(12)14)11-8-17-5-4-15-7-13(17)16-11/h2-3,6,8,15H,4-5,7H2,1H3. The first-order valence-electron chi connectivity index (χ1n) is 5.88. The number of hydrogen-bond acceptors (Lipinski definition) is 3. The molecule has 0 radical (unpaired) electrons. The minimum absolute atomic E-state index is 0.254. The molecule has 1 aromatic heterocycles. The summed E-state index contributed by atoms with van der Waals surface area (Å²) in [5.41, 5.74) is 1.57. The van der Waals surface area contributed by atoms with Crippen LogP contribution >= 0.6 is 0 Å². The van der Waals surface area contributed by atoms with Crippen LogP contribution < -0.4 is 10.1 Å². The van der Waals surface area contributed by atoms with Gasteiger partial charge in [0.05, 0.1) is 19.3 Å². The van der Waals surface area contributed by atoms with Gasteiger partial charge >= 0.3 is 0 Å². The van der Waals surface area contributed by atoms with Gasteiger partial charge in [-0.2, -0.15) is 0 Å². The van der Waals surface area contributed by atoms with Crippen LogP contribution in [0.2, 0.25) is 0 Å². The third-order valence-electron chi connectivity index (χ3n) is 3.12. The Hall–Kier alpha value is -1.88. The molecule has 94 valence electrons. The quantitative estimate of drug-likeness (QED) is 0.879. The molecule has 2 aromatic rings. The van der Waals surface area contributed by atoms with Gasteiger partial charge in [-0.15, -0.1) is 0 Å². The second-order valence-electron chi connectivity index (χ2n) is 4.26. The highest BCUT2D eigenvalue weighted by Crippen LogP contribution is 2.25. The van der Waals surface area contributed by atoms with E-state index in [2.05, 4.69) is 14.9 Å². The number of halogens is 1. The van der Waals surface area contributed by atoms with Crippen molar-refractivity contribution < 1.29 is 9.13 Å². The Morgan fingerprint density at radius 1 is 1.44 bits per heavy atom. The van der Waals surface area contributed by atoms with E-state index in [1.165, 1.54) is 13.2 Å². The van der Waals surface area contributed by atoms with Crippen molar-refractivity contribution in [2.75, 3.05) is 13.7 Å². The van der Waals surface area contributed by atoms with E-state index in [1.54, 1.807) is 6.07 Å². The molecule has 0 bridgehead atoms. The van der Waals surface area contributed by atoms with E-state index in [-0.39, 0.29) is 11.6 Å². The number of rotatable bonds is 2. The molecule has 0 saturated carbocycles. The van der Waals surface area contributed by atoms with Crippen molar-refractivity contribution in [3.05, 3.63) is 36.0 Å². The number of hydrogen-bond donors (Lipinski definition) is 1. The molecule has 4 nitrogen and oxygen atoms in total. The van der Waals surface area contributed by atoms with E-state index < -0.39 is 0 Å². The Morgan fingerprint density at radius 3 is 3.06 bits per heavy atom. The molecule has 0 fully saturated rings. The topological polar surface area (TPSA) is 39.1 Å². The largest absolute Gasteiger partial charge is 0.494 e. The maximum absolute atomic E-state index is 13.6. The third kappa shape index (κ3) is 1.86. The lowest BCUT2D eigenvalue weighted by Gasteiger charge is -2.13. The third-order valence-corrected chi connectivity index (χ3v) is 3.12. The number of nitrogens with one attached hydrogen (secondary N) is 1. The fourth-order valence-electron chi connectivity index (χ4n) is 2.15. The average Bonchev–Trinajstić information content (AvgIpc) is 2.82. The molecule has 1 aliphatic rings. The molecule has 1 aliphatic heterocycles. The van der Waals surface area contributed by atoms with Gasteiger partial charge in [0.2, 0.25) is 0 Å². The van der Waals surface area contributed by atoms with E-state index in [1.807, 2.05) is 12.3 Å². The van der Waals surface area contributed by atoms with Crippen molar-refractivity contribution in [3.8, 4) is 17.0 Å². The normalized spacial score (nSPS) is 14.3. The lowest BCUT2D eigenvalue weighted by molar-refractivity contribution is 0.386. The molecular weight excluding hydrogens is 233 g/mol. The van der Waals surface area contributed by atoms with Crippen molar-refractivity contribution in [1.82, 2.24) is 14.9 Å². The number of ether oxygens (including phenoxy) is 1. The maximum atomic E-state index is 13.6. The molecule has 3 rings (SSSR count). The smallest absolute Gasteiger partial charge is 0.165 e. The fraction of sp³-hybridized carbons (Fsp3) is 0.308. The van der Waals surface area contributed by atoms with Crippen LogP contribution in [-0.2, 0) is 13.1 Å². The van der Waals surface area contributed by atoms with Crippen molar-refractivity contribution in [2.45, 2.75) is 13.1 Å². The summed E-state index contributed by atoms with van der Waals surface area (Å²) in [6, 6.07) is 4.91. The summed E-state index contributed by atoms with van der Waals surface area (Å²) in [5, 5.41) is 3.26. The maximum Gasteiger partial charge on any atom is 0.165 e. The predicted molar refractivity (Wildman–Crippen MR) is 65.9 cm³/mol. The number of benzene rings is 1. The zero-order valence-corrected chi connectivity index (χ0v) is 10.1. The van der Waals surface area contributed by atoms with E-state index in [4.69, 9.17) is 4.74 Å². The Kier molecular flexibility index (Phi) is 2.76. The highest BCUT2D eigenvalue weighted by Gasteiger charge is 2.13. The Balaban J connectivity index is 1.99. The van der Waals surface area contributed by atoms with Crippen molar-refractivity contribution in [3.63, 3.8) is 0 Å². The lowest BCUT2D eigenvalue weighted by Crippen LogP contribution is -2.27. The zero-order valence-electron chi connectivity index (χ0n) is 10.1. The zero-order chi connectivity index (χ0) is 12.5. The highest BCUT2D eigenvalue weighted by molar-refractivity contribution is 5.60. The van der Waals surface area contributed by atoms with Crippen LogP contribution in [0.1, 0.15) is 5.82 Å². The van der Waals surface area contributed by atoms with Gasteiger partial charge in [-0.05, 0) is 18.2 Å². The summed E-state index contributed by atoms with van der Waals surface area (Å²) >= 11 is 0. The summed E-state index contributed by atoms with van der Waals surface area (Å²) in [6.45, 7) is 2.61. The second-order valence-corrected chi connectivity index (χ2v) is 4.26. The Labute approximate surface area is 104 Å². The van der Waals surface area contributed by atoms with Crippen molar-refractivity contribution in [2.24, 2.45) is 0 Å². The van der Waals surface area contributed by atoms with E-state index in [0.29, 0.717) is 0 Å². The van der Waals surface area contributed by atoms with Crippen LogP contribution in [0.25, 0.3) is 11.3 Å². The van der Waals surface area contributed by atoms with Gasteiger partial charge in [0.1, 0.15) is 5.82 Å². The molecule has 18 heavy (non-hydrogen) atoms.